The SMILES string of the molecule is C[C@H](N)c1cccc(F)c1OCc1ccc(Cl)cc1. The minimum atomic E-state index is -0.399. The number of benzene rings is 2. The molecule has 0 radical (unpaired) electrons. The van der Waals surface area contributed by atoms with E-state index in [0.29, 0.717) is 10.6 Å². The summed E-state index contributed by atoms with van der Waals surface area (Å²) in [6.07, 6.45) is 0. The van der Waals surface area contributed by atoms with Gasteiger partial charge in [0.25, 0.3) is 0 Å². The van der Waals surface area contributed by atoms with E-state index in [9.17, 15) is 4.39 Å². The summed E-state index contributed by atoms with van der Waals surface area (Å²) in [7, 11) is 0. The van der Waals surface area contributed by atoms with Crippen molar-refractivity contribution in [2.75, 3.05) is 0 Å². The molecule has 0 saturated carbocycles. The highest BCUT2D eigenvalue weighted by Crippen LogP contribution is 2.27. The monoisotopic (exact) mass is 279 g/mol. The third-order valence-electron chi connectivity index (χ3n) is 2.78. The van der Waals surface area contributed by atoms with Gasteiger partial charge in [0.1, 0.15) is 6.61 Å². The smallest absolute Gasteiger partial charge is 0.165 e. The molecular weight excluding hydrogens is 265 g/mol. The zero-order valence-corrected chi connectivity index (χ0v) is 11.3. The molecule has 19 heavy (non-hydrogen) atoms. The van der Waals surface area contributed by atoms with Crippen molar-refractivity contribution in [2.24, 2.45) is 5.73 Å². The summed E-state index contributed by atoms with van der Waals surface area (Å²) in [4.78, 5) is 0. The van der Waals surface area contributed by atoms with Crippen molar-refractivity contribution in [1.82, 2.24) is 0 Å². The van der Waals surface area contributed by atoms with Gasteiger partial charge in [-0.2, -0.15) is 0 Å². The highest BCUT2D eigenvalue weighted by Gasteiger charge is 2.13. The minimum absolute atomic E-state index is 0.215. The van der Waals surface area contributed by atoms with Gasteiger partial charge in [-0.3, -0.25) is 0 Å². The number of hydrogen-bond donors (Lipinski definition) is 1. The van der Waals surface area contributed by atoms with E-state index in [2.05, 4.69) is 0 Å². The fourth-order valence-corrected chi connectivity index (χ4v) is 1.90. The molecule has 4 heteroatoms. The van der Waals surface area contributed by atoms with Crippen LogP contribution >= 0.6 is 11.6 Å². The van der Waals surface area contributed by atoms with E-state index in [-0.39, 0.29) is 18.4 Å². The lowest BCUT2D eigenvalue weighted by atomic mass is 10.1. The maximum absolute atomic E-state index is 13.8. The second-order valence-corrected chi connectivity index (χ2v) is 4.80. The Balaban J connectivity index is 2.17. The molecule has 0 aliphatic rings. The van der Waals surface area contributed by atoms with Crippen molar-refractivity contribution in [3.05, 3.63) is 64.4 Å². The predicted octanol–water partition coefficient (Wildman–Crippen LogP) is 4.08. The van der Waals surface area contributed by atoms with E-state index in [4.69, 9.17) is 22.1 Å². The van der Waals surface area contributed by atoms with Gasteiger partial charge in [0.05, 0.1) is 0 Å². The predicted molar refractivity (Wildman–Crippen MR) is 74.8 cm³/mol. The lowest BCUT2D eigenvalue weighted by Gasteiger charge is -2.14. The lowest BCUT2D eigenvalue weighted by Crippen LogP contribution is -2.09. The van der Waals surface area contributed by atoms with Crippen LogP contribution in [0.15, 0.2) is 42.5 Å². The van der Waals surface area contributed by atoms with E-state index >= 15 is 0 Å². The van der Waals surface area contributed by atoms with Crippen LogP contribution in [0, 0.1) is 5.82 Å². The summed E-state index contributed by atoms with van der Waals surface area (Å²) in [6, 6.07) is 11.7. The fraction of sp³-hybridized carbons (Fsp3) is 0.200. The van der Waals surface area contributed by atoms with Gasteiger partial charge in [-0.15, -0.1) is 0 Å². The third kappa shape index (κ3) is 3.46. The molecule has 0 aliphatic heterocycles. The van der Waals surface area contributed by atoms with E-state index in [1.807, 2.05) is 12.1 Å². The van der Waals surface area contributed by atoms with Crippen molar-refractivity contribution in [3.63, 3.8) is 0 Å². The van der Waals surface area contributed by atoms with E-state index < -0.39 is 5.82 Å². The summed E-state index contributed by atoms with van der Waals surface area (Å²) >= 11 is 5.80. The summed E-state index contributed by atoms with van der Waals surface area (Å²) < 4.78 is 19.3. The summed E-state index contributed by atoms with van der Waals surface area (Å²) in [5.74, 6) is -0.184. The Morgan fingerprint density at radius 1 is 1.21 bits per heavy atom. The van der Waals surface area contributed by atoms with Gasteiger partial charge >= 0.3 is 0 Å². The van der Waals surface area contributed by atoms with Gasteiger partial charge in [0.2, 0.25) is 0 Å². The highest BCUT2D eigenvalue weighted by molar-refractivity contribution is 6.30. The van der Waals surface area contributed by atoms with Crippen LogP contribution in [-0.2, 0) is 6.61 Å². The first-order valence-corrected chi connectivity index (χ1v) is 6.37. The van der Waals surface area contributed by atoms with Crippen LogP contribution in [0.25, 0.3) is 0 Å². The maximum Gasteiger partial charge on any atom is 0.165 e. The van der Waals surface area contributed by atoms with Gasteiger partial charge < -0.3 is 10.5 Å². The van der Waals surface area contributed by atoms with Crippen LogP contribution in [0.3, 0.4) is 0 Å². The Morgan fingerprint density at radius 2 is 1.89 bits per heavy atom. The average Bonchev–Trinajstić information content (AvgIpc) is 2.39. The van der Waals surface area contributed by atoms with E-state index in [1.165, 1.54) is 6.07 Å². The van der Waals surface area contributed by atoms with Crippen LogP contribution in [0.1, 0.15) is 24.1 Å². The molecule has 100 valence electrons. The Kier molecular flexibility index (Phi) is 4.40. The van der Waals surface area contributed by atoms with Crippen molar-refractivity contribution < 1.29 is 9.13 Å². The molecule has 0 saturated heterocycles. The maximum atomic E-state index is 13.8. The molecule has 0 bridgehead atoms. The van der Waals surface area contributed by atoms with Gasteiger partial charge in [0, 0.05) is 16.6 Å². The van der Waals surface area contributed by atoms with Crippen molar-refractivity contribution in [3.8, 4) is 5.75 Å². The van der Waals surface area contributed by atoms with Gasteiger partial charge in [-0.05, 0) is 30.7 Å². The minimum Gasteiger partial charge on any atom is -0.485 e. The Labute approximate surface area is 117 Å². The van der Waals surface area contributed by atoms with E-state index in [1.54, 1.807) is 31.2 Å². The molecule has 2 nitrogen and oxygen atoms in total. The average molecular weight is 280 g/mol. The summed E-state index contributed by atoms with van der Waals surface area (Å²) in [6.45, 7) is 2.07. The molecule has 0 amide bonds. The van der Waals surface area contributed by atoms with E-state index in [0.717, 1.165) is 5.56 Å². The first kappa shape index (κ1) is 13.8. The largest absolute Gasteiger partial charge is 0.485 e. The molecule has 0 fully saturated rings. The molecule has 0 unspecified atom stereocenters. The molecule has 0 spiro atoms. The molecular formula is C15H15ClFNO. The molecule has 2 aromatic rings. The lowest BCUT2D eigenvalue weighted by molar-refractivity contribution is 0.285. The zero-order valence-electron chi connectivity index (χ0n) is 10.6. The number of hydrogen-bond acceptors (Lipinski definition) is 2. The molecule has 1 atom stereocenters. The van der Waals surface area contributed by atoms with Crippen molar-refractivity contribution in [1.29, 1.82) is 0 Å². The Bertz CT molecular complexity index is 555. The number of halogens is 2. The number of rotatable bonds is 4. The molecule has 2 rings (SSSR count). The molecule has 0 aliphatic carbocycles. The topological polar surface area (TPSA) is 35.2 Å². The van der Waals surface area contributed by atoms with Crippen LogP contribution in [0.4, 0.5) is 4.39 Å². The zero-order chi connectivity index (χ0) is 13.8. The second kappa shape index (κ2) is 6.04. The van der Waals surface area contributed by atoms with Gasteiger partial charge in [-0.1, -0.05) is 35.9 Å². The van der Waals surface area contributed by atoms with Crippen LogP contribution in [-0.4, -0.2) is 0 Å². The number of nitrogens with two attached hydrogens (primary N) is 1. The molecule has 2 aromatic carbocycles. The van der Waals surface area contributed by atoms with Gasteiger partial charge in [0.15, 0.2) is 11.6 Å². The second-order valence-electron chi connectivity index (χ2n) is 4.36. The first-order chi connectivity index (χ1) is 9.08. The van der Waals surface area contributed by atoms with Crippen molar-refractivity contribution in [2.45, 2.75) is 19.6 Å². The van der Waals surface area contributed by atoms with Crippen molar-refractivity contribution >= 4 is 11.6 Å². The summed E-state index contributed by atoms with van der Waals surface area (Å²) in [5, 5.41) is 0.658. The first-order valence-electron chi connectivity index (χ1n) is 5.99. The fourth-order valence-electron chi connectivity index (χ4n) is 1.77. The van der Waals surface area contributed by atoms with Crippen LogP contribution in [0.5, 0.6) is 5.75 Å². The Hall–Kier alpha value is -1.58. The van der Waals surface area contributed by atoms with Crippen LogP contribution in [0.2, 0.25) is 5.02 Å². The molecule has 2 N–H and O–H groups in total. The quantitative estimate of drug-likeness (QED) is 0.915. The Morgan fingerprint density at radius 3 is 2.53 bits per heavy atom. The number of ether oxygens (including phenoxy) is 1. The standard InChI is InChI=1S/C15H15ClFNO/c1-10(18)13-3-2-4-14(17)15(13)19-9-11-5-7-12(16)8-6-11/h2-8,10H,9,18H2,1H3/t10-/m0/s1. The number of para-hydroxylation sites is 1. The highest BCUT2D eigenvalue weighted by atomic mass is 35.5. The van der Waals surface area contributed by atoms with Gasteiger partial charge in [-0.25, -0.2) is 4.39 Å². The molecule has 0 heterocycles. The summed E-state index contributed by atoms with van der Waals surface area (Å²) in [5.41, 5.74) is 7.39. The normalized spacial score (nSPS) is 12.2. The third-order valence-corrected chi connectivity index (χ3v) is 3.04. The van der Waals surface area contributed by atoms with Crippen LogP contribution < -0.4 is 10.5 Å². The molecule has 0 aromatic heterocycles.